The van der Waals surface area contributed by atoms with Crippen molar-refractivity contribution < 1.29 is 4.79 Å². The van der Waals surface area contributed by atoms with E-state index < -0.39 is 5.41 Å². The fraction of sp³-hybridized carbons (Fsp3) is 0.385. The van der Waals surface area contributed by atoms with Gasteiger partial charge in [-0.1, -0.05) is 22.0 Å². The van der Waals surface area contributed by atoms with Gasteiger partial charge in [0.1, 0.15) is 0 Å². The first-order valence-corrected chi connectivity index (χ1v) is 6.10. The van der Waals surface area contributed by atoms with Crippen LogP contribution in [0.25, 0.3) is 0 Å². The second-order valence-corrected chi connectivity index (χ2v) is 5.50. The van der Waals surface area contributed by atoms with E-state index in [9.17, 15) is 4.79 Å². The molecule has 0 fully saturated rings. The molecule has 0 spiro atoms. The summed E-state index contributed by atoms with van der Waals surface area (Å²) in [6, 6.07) is 7.58. The van der Waals surface area contributed by atoms with Crippen LogP contribution in [0.2, 0.25) is 0 Å². The van der Waals surface area contributed by atoms with Crippen molar-refractivity contribution in [1.29, 1.82) is 5.26 Å². The van der Waals surface area contributed by atoms with Gasteiger partial charge in [0, 0.05) is 16.6 Å². The lowest BCUT2D eigenvalue weighted by Gasteiger charge is -2.15. The van der Waals surface area contributed by atoms with Crippen molar-refractivity contribution >= 4 is 21.8 Å². The number of benzene rings is 1. The Labute approximate surface area is 110 Å². The van der Waals surface area contributed by atoms with Crippen LogP contribution in [0.1, 0.15) is 29.8 Å². The Bertz CT molecular complexity index is 475. The van der Waals surface area contributed by atoms with Crippen LogP contribution in [0, 0.1) is 23.7 Å². The number of halogens is 1. The Balaban J connectivity index is 2.72. The summed E-state index contributed by atoms with van der Waals surface area (Å²) in [5.41, 5.74) is 1.13. The maximum Gasteiger partial charge on any atom is 0.251 e. The number of nitrogens with zero attached hydrogens (tertiary/aromatic N) is 1. The minimum Gasteiger partial charge on any atom is -0.350 e. The van der Waals surface area contributed by atoms with Crippen LogP contribution in [-0.4, -0.2) is 12.5 Å². The third kappa shape index (κ3) is 3.86. The van der Waals surface area contributed by atoms with E-state index in [1.54, 1.807) is 26.0 Å². The lowest BCUT2D eigenvalue weighted by atomic mass is 9.96. The lowest BCUT2D eigenvalue weighted by Crippen LogP contribution is -2.33. The van der Waals surface area contributed by atoms with Crippen LogP contribution >= 0.6 is 15.9 Å². The monoisotopic (exact) mass is 294 g/mol. The molecule has 3 nitrogen and oxygen atoms in total. The molecular formula is C13H15BrN2O. The summed E-state index contributed by atoms with van der Waals surface area (Å²) in [6.45, 7) is 5.88. The molecule has 0 saturated carbocycles. The van der Waals surface area contributed by atoms with E-state index in [-0.39, 0.29) is 5.91 Å². The highest BCUT2D eigenvalue weighted by atomic mass is 79.9. The summed E-state index contributed by atoms with van der Waals surface area (Å²) in [7, 11) is 0. The fourth-order valence-corrected chi connectivity index (χ4v) is 1.56. The van der Waals surface area contributed by atoms with E-state index >= 15 is 0 Å². The lowest BCUT2D eigenvalue weighted by molar-refractivity contribution is 0.0943. The fourth-order valence-electron chi connectivity index (χ4n) is 1.18. The Kier molecular flexibility index (Phi) is 4.30. The molecule has 0 saturated heterocycles. The topological polar surface area (TPSA) is 52.9 Å². The largest absolute Gasteiger partial charge is 0.350 e. The van der Waals surface area contributed by atoms with Gasteiger partial charge in [-0.2, -0.15) is 5.26 Å². The van der Waals surface area contributed by atoms with Gasteiger partial charge in [0.2, 0.25) is 0 Å². The molecule has 1 amide bonds. The van der Waals surface area contributed by atoms with Gasteiger partial charge in [-0.05, 0) is 38.5 Å². The molecule has 0 heterocycles. The minimum absolute atomic E-state index is 0.158. The maximum atomic E-state index is 11.8. The first kappa shape index (κ1) is 13.7. The zero-order valence-corrected chi connectivity index (χ0v) is 11.8. The van der Waals surface area contributed by atoms with Crippen molar-refractivity contribution in [2.75, 3.05) is 6.54 Å². The molecule has 90 valence electrons. The number of carbonyl (C=O) groups excluding carboxylic acids is 1. The highest BCUT2D eigenvalue weighted by molar-refractivity contribution is 9.10. The molecule has 1 N–H and O–H groups in total. The average Bonchev–Trinajstić information content (AvgIpc) is 2.30. The van der Waals surface area contributed by atoms with Gasteiger partial charge >= 0.3 is 0 Å². The van der Waals surface area contributed by atoms with E-state index in [1.807, 2.05) is 13.0 Å². The molecule has 0 aromatic heterocycles. The van der Waals surface area contributed by atoms with Crippen molar-refractivity contribution in [2.45, 2.75) is 20.8 Å². The highest BCUT2D eigenvalue weighted by Crippen LogP contribution is 2.18. The zero-order chi connectivity index (χ0) is 13.1. The van der Waals surface area contributed by atoms with Crippen molar-refractivity contribution in [2.24, 2.45) is 5.41 Å². The molecule has 0 aliphatic carbocycles. The highest BCUT2D eigenvalue weighted by Gasteiger charge is 2.18. The predicted octanol–water partition coefficient (Wildman–Crippen LogP) is 3.04. The Morgan fingerprint density at radius 1 is 1.53 bits per heavy atom. The summed E-state index contributed by atoms with van der Waals surface area (Å²) in [5.74, 6) is -0.158. The summed E-state index contributed by atoms with van der Waals surface area (Å²) >= 11 is 3.39. The van der Waals surface area contributed by atoms with Gasteiger partial charge in [0.15, 0.2) is 0 Å². The summed E-state index contributed by atoms with van der Waals surface area (Å²) in [6.07, 6.45) is 0. The molecule has 0 aliphatic heterocycles. The minimum atomic E-state index is -0.544. The van der Waals surface area contributed by atoms with Gasteiger partial charge in [-0.3, -0.25) is 4.79 Å². The summed E-state index contributed by atoms with van der Waals surface area (Å²) in [5, 5.41) is 11.6. The van der Waals surface area contributed by atoms with Crippen molar-refractivity contribution in [3.8, 4) is 6.07 Å². The van der Waals surface area contributed by atoms with E-state index in [0.717, 1.165) is 10.0 Å². The second-order valence-electron chi connectivity index (χ2n) is 4.64. The molecule has 0 unspecified atom stereocenters. The number of hydrogen-bond donors (Lipinski definition) is 1. The van der Waals surface area contributed by atoms with Gasteiger partial charge in [-0.15, -0.1) is 0 Å². The first-order chi connectivity index (χ1) is 7.85. The van der Waals surface area contributed by atoms with Gasteiger partial charge < -0.3 is 5.32 Å². The van der Waals surface area contributed by atoms with Crippen LogP contribution in [0.4, 0.5) is 0 Å². The van der Waals surface area contributed by atoms with Gasteiger partial charge in [0.05, 0.1) is 11.5 Å². The average molecular weight is 295 g/mol. The molecule has 1 rings (SSSR count). The van der Waals surface area contributed by atoms with E-state index in [2.05, 4.69) is 27.3 Å². The summed E-state index contributed by atoms with van der Waals surface area (Å²) < 4.78 is 0.907. The predicted molar refractivity (Wildman–Crippen MR) is 70.6 cm³/mol. The standard InChI is InChI=1S/C13H15BrN2O/c1-9-4-5-10(6-11(9)14)12(17)16-8-13(2,3)7-15/h4-6H,8H2,1-3H3,(H,16,17). The van der Waals surface area contributed by atoms with Crippen molar-refractivity contribution in [3.05, 3.63) is 33.8 Å². The Hall–Kier alpha value is -1.34. The van der Waals surface area contributed by atoms with Gasteiger partial charge in [0.25, 0.3) is 5.91 Å². The van der Waals surface area contributed by atoms with Gasteiger partial charge in [-0.25, -0.2) is 0 Å². The quantitative estimate of drug-likeness (QED) is 0.931. The second kappa shape index (κ2) is 5.33. The summed E-state index contributed by atoms with van der Waals surface area (Å²) in [4.78, 5) is 11.8. The number of aryl methyl sites for hydroxylation is 1. The molecule has 17 heavy (non-hydrogen) atoms. The normalized spacial score (nSPS) is 10.8. The number of carbonyl (C=O) groups is 1. The van der Waals surface area contributed by atoms with Crippen LogP contribution in [-0.2, 0) is 0 Å². The van der Waals surface area contributed by atoms with Crippen LogP contribution in [0.5, 0.6) is 0 Å². The number of nitrogens with one attached hydrogen (secondary N) is 1. The van der Waals surface area contributed by atoms with E-state index in [0.29, 0.717) is 12.1 Å². The zero-order valence-electron chi connectivity index (χ0n) is 10.2. The number of amides is 1. The number of nitriles is 1. The van der Waals surface area contributed by atoms with E-state index in [4.69, 9.17) is 5.26 Å². The molecule has 1 aromatic carbocycles. The van der Waals surface area contributed by atoms with Crippen molar-refractivity contribution in [3.63, 3.8) is 0 Å². The number of hydrogen-bond acceptors (Lipinski definition) is 2. The molecule has 4 heteroatoms. The Morgan fingerprint density at radius 3 is 2.71 bits per heavy atom. The third-order valence-corrected chi connectivity index (χ3v) is 3.28. The molecule has 0 radical (unpaired) electrons. The third-order valence-electron chi connectivity index (χ3n) is 2.43. The first-order valence-electron chi connectivity index (χ1n) is 5.31. The van der Waals surface area contributed by atoms with Crippen LogP contribution in [0.15, 0.2) is 22.7 Å². The molecule has 0 bridgehead atoms. The Morgan fingerprint density at radius 2 is 2.18 bits per heavy atom. The number of rotatable bonds is 3. The van der Waals surface area contributed by atoms with Crippen LogP contribution < -0.4 is 5.32 Å². The molecule has 1 aromatic rings. The van der Waals surface area contributed by atoms with Crippen molar-refractivity contribution in [1.82, 2.24) is 5.32 Å². The van der Waals surface area contributed by atoms with Crippen LogP contribution in [0.3, 0.4) is 0 Å². The maximum absolute atomic E-state index is 11.8. The van der Waals surface area contributed by atoms with E-state index in [1.165, 1.54) is 0 Å². The molecular weight excluding hydrogens is 280 g/mol. The SMILES string of the molecule is Cc1ccc(C(=O)NCC(C)(C)C#N)cc1Br. The molecule has 0 aliphatic rings. The molecule has 0 atom stereocenters. The smallest absolute Gasteiger partial charge is 0.251 e.